The van der Waals surface area contributed by atoms with E-state index in [0.29, 0.717) is 36.7 Å². The fourth-order valence-electron chi connectivity index (χ4n) is 2.88. The Morgan fingerprint density at radius 1 is 1.32 bits per heavy atom. The Balaban J connectivity index is 2.10. The molecule has 1 fully saturated rings. The van der Waals surface area contributed by atoms with Gasteiger partial charge in [-0.15, -0.1) is 0 Å². The minimum atomic E-state index is -0.210. The van der Waals surface area contributed by atoms with Gasteiger partial charge in [0.05, 0.1) is 18.4 Å². The minimum absolute atomic E-state index is 0.0542. The van der Waals surface area contributed by atoms with Crippen molar-refractivity contribution in [3.05, 3.63) is 23.8 Å². The van der Waals surface area contributed by atoms with Crippen LogP contribution in [0, 0.1) is 0 Å². The Morgan fingerprint density at radius 2 is 2.12 bits per heavy atom. The first-order valence-electron chi connectivity index (χ1n) is 9.00. The molecule has 1 aromatic carbocycles. The summed E-state index contributed by atoms with van der Waals surface area (Å²) in [5, 5.41) is 2.89. The zero-order valence-corrected chi connectivity index (χ0v) is 15.3. The summed E-state index contributed by atoms with van der Waals surface area (Å²) in [5.74, 6) is 0.507. The largest absolute Gasteiger partial charge is 0.492 e. The zero-order chi connectivity index (χ0) is 18.2. The number of ether oxygens (including phenoxy) is 2. The SMILES string of the molecule is CCOc1ccc(C(C)=O)cc1NC(=O)N(CC)C[C@@H]1CCCCO1. The van der Waals surface area contributed by atoms with Crippen LogP contribution in [0.15, 0.2) is 18.2 Å². The molecule has 0 radical (unpaired) electrons. The number of hydrogen-bond acceptors (Lipinski definition) is 4. The van der Waals surface area contributed by atoms with Gasteiger partial charge in [-0.05, 0) is 58.2 Å². The molecule has 1 aliphatic rings. The number of amides is 2. The molecule has 1 saturated heterocycles. The van der Waals surface area contributed by atoms with Gasteiger partial charge >= 0.3 is 6.03 Å². The highest BCUT2D eigenvalue weighted by Gasteiger charge is 2.21. The molecule has 1 aromatic rings. The van der Waals surface area contributed by atoms with Gasteiger partial charge in [-0.1, -0.05) is 0 Å². The van der Waals surface area contributed by atoms with Crippen molar-refractivity contribution in [1.82, 2.24) is 4.90 Å². The predicted molar refractivity (Wildman–Crippen MR) is 97.5 cm³/mol. The van der Waals surface area contributed by atoms with Crippen LogP contribution in [0.1, 0.15) is 50.4 Å². The van der Waals surface area contributed by atoms with Crippen LogP contribution in [-0.2, 0) is 4.74 Å². The molecule has 1 heterocycles. The average Bonchev–Trinajstić information content (AvgIpc) is 2.62. The Bertz CT molecular complexity index is 597. The first-order chi connectivity index (χ1) is 12.0. The van der Waals surface area contributed by atoms with Gasteiger partial charge in [-0.2, -0.15) is 0 Å². The van der Waals surface area contributed by atoms with Crippen LogP contribution < -0.4 is 10.1 Å². The Kier molecular flexibility index (Phi) is 7.25. The van der Waals surface area contributed by atoms with Crippen molar-refractivity contribution in [2.24, 2.45) is 0 Å². The van der Waals surface area contributed by atoms with Gasteiger partial charge in [0.1, 0.15) is 5.75 Å². The van der Waals surface area contributed by atoms with E-state index < -0.39 is 0 Å². The molecule has 6 heteroatoms. The summed E-state index contributed by atoms with van der Waals surface area (Å²) in [6.45, 7) is 7.72. The quantitative estimate of drug-likeness (QED) is 0.763. The fourth-order valence-corrected chi connectivity index (χ4v) is 2.88. The maximum absolute atomic E-state index is 12.7. The molecule has 138 valence electrons. The molecule has 2 rings (SSSR count). The highest BCUT2D eigenvalue weighted by atomic mass is 16.5. The molecule has 0 bridgehead atoms. The molecule has 1 N–H and O–H groups in total. The maximum Gasteiger partial charge on any atom is 0.322 e. The molecule has 0 saturated carbocycles. The highest BCUT2D eigenvalue weighted by Crippen LogP contribution is 2.27. The van der Waals surface area contributed by atoms with Gasteiger partial charge in [-0.25, -0.2) is 4.79 Å². The van der Waals surface area contributed by atoms with Crippen molar-refractivity contribution in [2.45, 2.75) is 46.1 Å². The molecule has 1 aliphatic heterocycles. The van der Waals surface area contributed by atoms with Gasteiger partial charge in [0.2, 0.25) is 0 Å². The Morgan fingerprint density at radius 3 is 2.72 bits per heavy atom. The van der Waals surface area contributed by atoms with Crippen molar-refractivity contribution in [3.63, 3.8) is 0 Å². The van der Waals surface area contributed by atoms with Crippen LogP contribution in [-0.4, -0.2) is 49.1 Å². The van der Waals surface area contributed by atoms with Gasteiger partial charge in [0.15, 0.2) is 5.78 Å². The van der Waals surface area contributed by atoms with E-state index in [4.69, 9.17) is 9.47 Å². The summed E-state index contributed by atoms with van der Waals surface area (Å²) in [4.78, 5) is 26.0. The molecule has 6 nitrogen and oxygen atoms in total. The summed E-state index contributed by atoms with van der Waals surface area (Å²) in [5.41, 5.74) is 1.06. The summed E-state index contributed by atoms with van der Waals surface area (Å²) >= 11 is 0. The minimum Gasteiger partial charge on any atom is -0.492 e. The van der Waals surface area contributed by atoms with E-state index in [-0.39, 0.29) is 17.9 Å². The van der Waals surface area contributed by atoms with Crippen LogP contribution >= 0.6 is 0 Å². The van der Waals surface area contributed by atoms with Crippen molar-refractivity contribution >= 4 is 17.5 Å². The second-order valence-corrected chi connectivity index (χ2v) is 6.16. The molecule has 1 atom stereocenters. The highest BCUT2D eigenvalue weighted by molar-refractivity contribution is 5.97. The van der Waals surface area contributed by atoms with E-state index in [1.165, 1.54) is 6.92 Å². The number of likely N-dealkylation sites (N-methyl/N-ethyl adjacent to an activating group) is 1. The normalized spacial score (nSPS) is 17.0. The van der Waals surface area contributed by atoms with E-state index in [9.17, 15) is 9.59 Å². The summed E-state index contributed by atoms with van der Waals surface area (Å²) in [6, 6.07) is 4.88. The number of anilines is 1. The van der Waals surface area contributed by atoms with Crippen LogP contribution in [0.3, 0.4) is 0 Å². The number of nitrogens with one attached hydrogen (secondary N) is 1. The van der Waals surface area contributed by atoms with E-state index in [1.807, 2.05) is 13.8 Å². The summed E-state index contributed by atoms with van der Waals surface area (Å²) in [7, 11) is 0. The molecule has 0 aliphatic carbocycles. The predicted octanol–water partition coefficient (Wildman–Crippen LogP) is 3.71. The second kappa shape index (κ2) is 9.42. The van der Waals surface area contributed by atoms with Crippen LogP contribution in [0.2, 0.25) is 0 Å². The molecule has 0 unspecified atom stereocenters. The van der Waals surface area contributed by atoms with Crippen LogP contribution in [0.4, 0.5) is 10.5 Å². The monoisotopic (exact) mass is 348 g/mol. The first kappa shape index (κ1) is 19.2. The van der Waals surface area contributed by atoms with Gasteiger partial charge < -0.3 is 19.7 Å². The smallest absolute Gasteiger partial charge is 0.322 e. The number of ketones is 1. The lowest BCUT2D eigenvalue weighted by atomic mass is 10.1. The van der Waals surface area contributed by atoms with Crippen LogP contribution in [0.25, 0.3) is 0 Å². The van der Waals surface area contributed by atoms with Gasteiger partial charge in [0.25, 0.3) is 0 Å². The third-order valence-electron chi connectivity index (χ3n) is 4.29. The number of nitrogens with zero attached hydrogens (tertiary/aromatic N) is 1. The Hall–Kier alpha value is -2.08. The zero-order valence-electron chi connectivity index (χ0n) is 15.3. The first-order valence-corrected chi connectivity index (χ1v) is 9.00. The van der Waals surface area contributed by atoms with Crippen molar-refractivity contribution in [1.29, 1.82) is 0 Å². The molecule has 0 spiro atoms. The molecule has 2 amide bonds. The number of Topliss-reactive ketones (excluding diaryl/α,β-unsaturated/α-hetero) is 1. The average molecular weight is 348 g/mol. The van der Waals surface area contributed by atoms with E-state index >= 15 is 0 Å². The van der Waals surface area contributed by atoms with Crippen molar-refractivity contribution in [2.75, 3.05) is 31.6 Å². The number of urea groups is 1. The third-order valence-corrected chi connectivity index (χ3v) is 4.29. The molecule has 0 aromatic heterocycles. The Labute approximate surface area is 149 Å². The number of carbonyl (C=O) groups excluding carboxylic acids is 2. The van der Waals surface area contributed by atoms with E-state index in [1.54, 1.807) is 23.1 Å². The summed E-state index contributed by atoms with van der Waals surface area (Å²) < 4.78 is 11.3. The summed E-state index contributed by atoms with van der Waals surface area (Å²) in [6.07, 6.45) is 3.30. The number of rotatable bonds is 7. The lowest BCUT2D eigenvalue weighted by Crippen LogP contribution is -2.41. The fraction of sp³-hybridized carbons (Fsp3) is 0.579. The van der Waals surface area contributed by atoms with E-state index in [2.05, 4.69) is 5.32 Å². The third kappa shape index (κ3) is 5.46. The second-order valence-electron chi connectivity index (χ2n) is 6.16. The van der Waals surface area contributed by atoms with Gasteiger partial charge in [0, 0.05) is 25.3 Å². The molecular weight excluding hydrogens is 320 g/mol. The molecular formula is C19H28N2O4. The number of carbonyl (C=O) groups is 2. The van der Waals surface area contributed by atoms with Crippen molar-refractivity contribution < 1.29 is 19.1 Å². The molecule has 25 heavy (non-hydrogen) atoms. The maximum atomic E-state index is 12.7. The lowest BCUT2D eigenvalue weighted by Gasteiger charge is -2.29. The van der Waals surface area contributed by atoms with Crippen LogP contribution in [0.5, 0.6) is 5.75 Å². The van der Waals surface area contributed by atoms with Gasteiger partial charge in [-0.3, -0.25) is 4.79 Å². The number of hydrogen-bond donors (Lipinski definition) is 1. The number of benzene rings is 1. The standard InChI is InChI=1S/C19H28N2O4/c1-4-21(13-16-8-6-7-11-25-16)19(23)20-17-12-15(14(3)22)9-10-18(17)24-5-2/h9-10,12,16H,4-8,11,13H2,1-3H3,(H,20,23)/t16-/m0/s1. The van der Waals surface area contributed by atoms with E-state index in [0.717, 1.165) is 25.9 Å². The topological polar surface area (TPSA) is 67.9 Å². The lowest BCUT2D eigenvalue weighted by molar-refractivity contribution is 0.00221. The van der Waals surface area contributed by atoms with Crippen molar-refractivity contribution in [3.8, 4) is 5.75 Å².